The lowest BCUT2D eigenvalue weighted by Crippen LogP contribution is -2.27. The van der Waals surface area contributed by atoms with E-state index in [4.69, 9.17) is 0 Å². The van der Waals surface area contributed by atoms with E-state index in [1.807, 2.05) is 12.2 Å². The van der Waals surface area contributed by atoms with Crippen molar-refractivity contribution in [2.75, 3.05) is 34.2 Å². The van der Waals surface area contributed by atoms with Gasteiger partial charge in [-0.15, -0.1) is 0 Å². The van der Waals surface area contributed by atoms with E-state index in [0.29, 0.717) is 0 Å². The average Bonchev–Trinajstić information content (AvgIpc) is 2.00. The second-order valence-electron chi connectivity index (χ2n) is 3.27. The molecule has 0 N–H and O–H groups in total. The maximum absolute atomic E-state index is 3.66. The van der Waals surface area contributed by atoms with Gasteiger partial charge in [0.05, 0.1) is 0 Å². The molecule has 0 aromatic heterocycles. The first kappa shape index (κ1) is 11.2. The van der Waals surface area contributed by atoms with E-state index in [9.17, 15) is 0 Å². The Morgan fingerprint density at radius 2 is 1.83 bits per heavy atom. The molecule has 0 bridgehead atoms. The van der Waals surface area contributed by atoms with Crippen molar-refractivity contribution in [1.29, 1.82) is 0 Å². The molecule has 0 rings (SSSR count). The summed E-state index contributed by atoms with van der Waals surface area (Å²) in [6.07, 6.45) is 3.84. The van der Waals surface area contributed by atoms with Crippen LogP contribution in [0, 0.1) is 0 Å². The van der Waals surface area contributed by atoms with Crippen LogP contribution in [0.2, 0.25) is 0 Å². The summed E-state index contributed by atoms with van der Waals surface area (Å²) in [5.41, 5.74) is 1.26. The lowest BCUT2D eigenvalue weighted by molar-refractivity contribution is 0.326. The molecule has 0 saturated heterocycles. The summed E-state index contributed by atoms with van der Waals surface area (Å²) in [4.78, 5) is 4.40. The monoisotopic (exact) mass is 168 g/mol. The summed E-state index contributed by atoms with van der Waals surface area (Å²) in [5, 5.41) is 0. The van der Waals surface area contributed by atoms with Gasteiger partial charge in [-0.3, -0.25) is 0 Å². The van der Waals surface area contributed by atoms with Crippen LogP contribution in [0.4, 0.5) is 0 Å². The van der Waals surface area contributed by atoms with Crippen LogP contribution in [0.15, 0.2) is 24.4 Å². The zero-order chi connectivity index (χ0) is 9.56. The Hall–Kier alpha value is -0.760. The number of hydrogen-bond donors (Lipinski definition) is 0. The number of likely N-dealkylation sites (N-methyl/N-ethyl adjacent to an activating group) is 2. The molecule has 12 heavy (non-hydrogen) atoms. The number of hydrogen-bond acceptors (Lipinski definition) is 2. The van der Waals surface area contributed by atoms with E-state index in [1.54, 1.807) is 0 Å². The van der Waals surface area contributed by atoms with E-state index in [0.717, 1.165) is 13.1 Å². The van der Waals surface area contributed by atoms with Crippen molar-refractivity contribution in [3.63, 3.8) is 0 Å². The second kappa shape index (κ2) is 5.84. The smallest absolute Gasteiger partial charge is 0.0299 e. The Bertz CT molecular complexity index is 159. The second-order valence-corrected chi connectivity index (χ2v) is 3.27. The van der Waals surface area contributed by atoms with Gasteiger partial charge in [-0.05, 0) is 27.1 Å². The number of nitrogens with zero attached hydrogens (tertiary/aromatic N) is 2. The van der Waals surface area contributed by atoms with Crippen LogP contribution in [0.5, 0.6) is 0 Å². The van der Waals surface area contributed by atoms with Crippen LogP contribution in [-0.2, 0) is 0 Å². The van der Waals surface area contributed by atoms with Gasteiger partial charge in [0.15, 0.2) is 0 Å². The molecule has 0 saturated carbocycles. The van der Waals surface area contributed by atoms with Crippen LogP contribution in [0.25, 0.3) is 0 Å². The normalized spacial score (nSPS) is 11.9. The highest BCUT2D eigenvalue weighted by Gasteiger charge is 1.97. The van der Waals surface area contributed by atoms with Crippen LogP contribution in [0.3, 0.4) is 0 Å². The molecule has 0 heterocycles. The first-order valence-electron chi connectivity index (χ1n) is 4.23. The molecule has 0 spiro atoms. The van der Waals surface area contributed by atoms with Gasteiger partial charge >= 0.3 is 0 Å². The fourth-order valence-corrected chi connectivity index (χ4v) is 0.824. The minimum absolute atomic E-state index is 1.06. The van der Waals surface area contributed by atoms with Crippen LogP contribution >= 0.6 is 0 Å². The van der Waals surface area contributed by atoms with Crippen LogP contribution in [-0.4, -0.2) is 44.0 Å². The topological polar surface area (TPSA) is 6.48 Å². The first-order chi connectivity index (χ1) is 5.57. The quantitative estimate of drug-likeness (QED) is 0.575. The third-order valence-electron chi connectivity index (χ3n) is 1.84. The minimum Gasteiger partial charge on any atom is -0.377 e. The van der Waals surface area contributed by atoms with Gasteiger partial charge in [0.2, 0.25) is 0 Å². The molecule has 0 aliphatic rings. The average molecular weight is 168 g/mol. The van der Waals surface area contributed by atoms with Crippen LogP contribution < -0.4 is 0 Å². The van der Waals surface area contributed by atoms with Crippen molar-refractivity contribution in [2.24, 2.45) is 0 Å². The molecule has 2 heteroatoms. The molecule has 0 aromatic rings. The lowest BCUT2D eigenvalue weighted by atomic mass is 10.3. The van der Waals surface area contributed by atoms with Crippen molar-refractivity contribution >= 4 is 0 Å². The highest BCUT2D eigenvalue weighted by molar-refractivity contribution is 5.06. The molecule has 0 radical (unpaired) electrons. The molecule has 0 aliphatic heterocycles. The summed E-state index contributed by atoms with van der Waals surface area (Å²) in [7, 11) is 6.26. The lowest BCUT2D eigenvalue weighted by Gasteiger charge is -2.21. The molecule has 0 atom stereocenters. The van der Waals surface area contributed by atoms with Crippen molar-refractivity contribution in [2.45, 2.75) is 6.92 Å². The summed E-state index contributed by atoms with van der Waals surface area (Å²) >= 11 is 0. The Morgan fingerprint density at radius 1 is 1.25 bits per heavy atom. The SMILES string of the molecule is C=C/C=C(\C)N(C)CCN(C)C. The molecule has 0 unspecified atom stereocenters. The van der Waals surface area contributed by atoms with Gasteiger partial charge in [0.1, 0.15) is 0 Å². The maximum atomic E-state index is 3.66. The molecule has 2 nitrogen and oxygen atoms in total. The fourth-order valence-electron chi connectivity index (χ4n) is 0.824. The van der Waals surface area contributed by atoms with Gasteiger partial charge in [0, 0.05) is 25.8 Å². The number of allylic oxidation sites excluding steroid dienone is 3. The Balaban J connectivity index is 3.78. The zero-order valence-corrected chi connectivity index (χ0v) is 8.67. The maximum Gasteiger partial charge on any atom is 0.0299 e. The molecule has 0 amide bonds. The largest absolute Gasteiger partial charge is 0.377 e. The third kappa shape index (κ3) is 4.97. The fraction of sp³-hybridized carbons (Fsp3) is 0.600. The Kier molecular flexibility index (Phi) is 5.47. The number of rotatable bonds is 5. The van der Waals surface area contributed by atoms with Crippen molar-refractivity contribution in [3.05, 3.63) is 24.4 Å². The molecular formula is C10H20N2. The van der Waals surface area contributed by atoms with Crippen LogP contribution in [0.1, 0.15) is 6.92 Å². The first-order valence-corrected chi connectivity index (χ1v) is 4.23. The standard InChI is InChI=1S/C10H20N2/c1-6-7-10(2)12(5)9-8-11(3)4/h6-7H,1,8-9H2,2-5H3/b10-7+. The van der Waals surface area contributed by atoms with Crippen molar-refractivity contribution < 1.29 is 0 Å². The van der Waals surface area contributed by atoms with Gasteiger partial charge in [0.25, 0.3) is 0 Å². The summed E-state index contributed by atoms with van der Waals surface area (Å²) in [6, 6.07) is 0. The Labute approximate surface area is 76.2 Å². The van der Waals surface area contributed by atoms with E-state index in [-0.39, 0.29) is 0 Å². The molecule has 70 valence electrons. The summed E-state index contributed by atoms with van der Waals surface area (Å²) in [5.74, 6) is 0. The van der Waals surface area contributed by atoms with E-state index in [1.165, 1.54) is 5.70 Å². The van der Waals surface area contributed by atoms with E-state index in [2.05, 4.69) is 44.4 Å². The molecule has 0 aromatic carbocycles. The summed E-state index contributed by atoms with van der Waals surface area (Å²) < 4.78 is 0. The van der Waals surface area contributed by atoms with Crippen molar-refractivity contribution in [3.8, 4) is 0 Å². The zero-order valence-electron chi connectivity index (χ0n) is 8.67. The predicted octanol–water partition coefficient (Wildman–Crippen LogP) is 1.57. The van der Waals surface area contributed by atoms with Gasteiger partial charge in [-0.25, -0.2) is 0 Å². The molecule has 0 fully saturated rings. The van der Waals surface area contributed by atoms with E-state index >= 15 is 0 Å². The van der Waals surface area contributed by atoms with Gasteiger partial charge in [-0.1, -0.05) is 12.7 Å². The van der Waals surface area contributed by atoms with Gasteiger partial charge in [-0.2, -0.15) is 0 Å². The predicted molar refractivity (Wildman–Crippen MR) is 55.1 cm³/mol. The highest BCUT2D eigenvalue weighted by atomic mass is 15.2. The molecular weight excluding hydrogens is 148 g/mol. The third-order valence-corrected chi connectivity index (χ3v) is 1.84. The highest BCUT2D eigenvalue weighted by Crippen LogP contribution is 1.98. The van der Waals surface area contributed by atoms with Crippen molar-refractivity contribution in [1.82, 2.24) is 9.80 Å². The van der Waals surface area contributed by atoms with E-state index < -0.39 is 0 Å². The minimum atomic E-state index is 1.06. The Morgan fingerprint density at radius 3 is 2.25 bits per heavy atom. The molecule has 0 aliphatic carbocycles. The summed E-state index contributed by atoms with van der Waals surface area (Å²) in [6.45, 7) is 7.90. The van der Waals surface area contributed by atoms with Gasteiger partial charge < -0.3 is 9.80 Å².